The molecule has 4 heteroatoms. The summed E-state index contributed by atoms with van der Waals surface area (Å²) in [7, 11) is 1.65. The van der Waals surface area contributed by atoms with Crippen molar-refractivity contribution in [1.29, 1.82) is 0 Å². The quantitative estimate of drug-likeness (QED) is 0.855. The van der Waals surface area contributed by atoms with E-state index in [1.807, 2.05) is 19.1 Å². The molecule has 66 valence electrons. The summed E-state index contributed by atoms with van der Waals surface area (Å²) < 4.78 is 1.06. The Morgan fingerprint density at radius 2 is 2.33 bits per heavy atom. The van der Waals surface area contributed by atoms with E-state index in [-0.39, 0.29) is 11.8 Å². The van der Waals surface area contributed by atoms with Crippen molar-refractivity contribution in [3.8, 4) is 0 Å². The molecule has 0 bridgehead atoms. The van der Waals surface area contributed by atoms with E-state index >= 15 is 0 Å². The summed E-state index contributed by atoms with van der Waals surface area (Å²) in [6.45, 7) is 1.90. The second kappa shape index (κ2) is 4.05. The first-order valence-electron chi connectivity index (χ1n) is 3.62. The topological polar surface area (TPSA) is 29.1 Å². The third-order valence-corrected chi connectivity index (χ3v) is 3.47. The average Bonchev–Trinajstić information content (AvgIpc) is 2.49. The van der Waals surface area contributed by atoms with E-state index in [0.717, 1.165) is 8.66 Å². The lowest BCUT2D eigenvalue weighted by Crippen LogP contribution is -2.23. The van der Waals surface area contributed by atoms with Gasteiger partial charge in [-0.15, -0.1) is 11.3 Å². The Morgan fingerprint density at radius 3 is 2.75 bits per heavy atom. The van der Waals surface area contributed by atoms with E-state index < -0.39 is 0 Å². The van der Waals surface area contributed by atoms with Crippen LogP contribution in [-0.4, -0.2) is 13.0 Å². The van der Waals surface area contributed by atoms with Crippen molar-refractivity contribution in [3.63, 3.8) is 0 Å². The molecule has 0 aliphatic rings. The van der Waals surface area contributed by atoms with Gasteiger partial charge in [0.05, 0.1) is 9.70 Å². The Labute approximate surface area is 84.1 Å². The van der Waals surface area contributed by atoms with E-state index in [9.17, 15) is 4.79 Å². The third kappa shape index (κ3) is 2.08. The Bertz CT molecular complexity index is 284. The fourth-order valence-corrected chi connectivity index (χ4v) is 2.38. The first kappa shape index (κ1) is 9.74. The van der Waals surface area contributed by atoms with Crippen LogP contribution >= 0.6 is 27.3 Å². The van der Waals surface area contributed by atoms with Crippen molar-refractivity contribution in [3.05, 3.63) is 20.8 Å². The number of nitrogens with one attached hydrogen (secondary N) is 1. The molecule has 1 N–H and O–H groups in total. The van der Waals surface area contributed by atoms with Gasteiger partial charge in [-0.2, -0.15) is 0 Å². The number of rotatable bonds is 2. The number of amides is 1. The molecule has 1 unspecified atom stereocenters. The zero-order valence-electron chi connectivity index (χ0n) is 6.93. The molecule has 2 nitrogen and oxygen atoms in total. The summed E-state index contributed by atoms with van der Waals surface area (Å²) in [6, 6.07) is 3.92. The first-order valence-corrected chi connectivity index (χ1v) is 5.23. The third-order valence-electron chi connectivity index (χ3n) is 1.66. The second-order valence-electron chi connectivity index (χ2n) is 2.48. The van der Waals surface area contributed by atoms with Crippen LogP contribution in [0.2, 0.25) is 0 Å². The van der Waals surface area contributed by atoms with Gasteiger partial charge in [0.2, 0.25) is 5.91 Å². The molecule has 0 aromatic carbocycles. The summed E-state index contributed by atoms with van der Waals surface area (Å²) in [5.41, 5.74) is 0. The van der Waals surface area contributed by atoms with Gasteiger partial charge in [0.15, 0.2) is 0 Å². The van der Waals surface area contributed by atoms with E-state index in [0.29, 0.717) is 0 Å². The summed E-state index contributed by atoms with van der Waals surface area (Å²) in [4.78, 5) is 12.3. The average molecular weight is 248 g/mol. The second-order valence-corrected chi connectivity index (χ2v) is 4.97. The zero-order valence-corrected chi connectivity index (χ0v) is 9.33. The molecule has 0 spiro atoms. The van der Waals surface area contributed by atoms with Crippen LogP contribution in [0.5, 0.6) is 0 Å². The lowest BCUT2D eigenvalue weighted by atomic mass is 10.1. The molecule has 1 atom stereocenters. The molecule has 1 heterocycles. The van der Waals surface area contributed by atoms with Crippen molar-refractivity contribution >= 4 is 33.2 Å². The van der Waals surface area contributed by atoms with Crippen LogP contribution in [0.4, 0.5) is 0 Å². The highest BCUT2D eigenvalue weighted by Gasteiger charge is 2.14. The smallest absolute Gasteiger partial charge is 0.227 e. The van der Waals surface area contributed by atoms with Gasteiger partial charge in [0.1, 0.15) is 0 Å². The molecule has 0 saturated carbocycles. The molecular formula is C8H10BrNOS. The maximum atomic E-state index is 11.2. The van der Waals surface area contributed by atoms with Crippen LogP contribution in [0, 0.1) is 0 Å². The van der Waals surface area contributed by atoms with Crippen LogP contribution in [0.1, 0.15) is 17.7 Å². The number of carbonyl (C=O) groups is 1. The van der Waals surface area contributed by atoms with Crippen molar-refractivity contribution in [1.82, 2.24) is 5.32 Å². The minimum Gasteiger partial charge on any atom is -0.359 e. The molecule has 0 fully saturated rings. The number of carbonyl (C=O) groups excluding carboxylic acids is 1. The van der Waals surface area contributed by atoms with Crippen LogP contribution in [0.3, 0.4) is 0 Å². The predicted molar refractivity (Wildman–Crippen MR) is 54.5 cm³/mol. The maximum absolute atomic E-state index is 11.2. The van der Waals surface area contributed by atoms with Gasteiger partial charge in [-0.3, -0.25) is 4.79 Å². The Hall–Kier alpha value is -0.350. The first-order chi connectivity index (χ1) is 5.65. The molecule has 1 aromatic heterocycles. The van der Waals surface area contributed by atoms with E-state index in [4.69, 9.17) is 0 Å². The van der Waals surface area contributed by atoms with E-state index in [1.54, 1.807) is 18.4 Å². The Balaban J connectivity index is 2.77. The summed E-state index contributed by atoms with van der Waals surface area (Å²) >= 11 is 4.95. The monoisotopic (exact) mass is 247 g/mol. The molecule has 12 heavy (non-hydrogen) atoms. The number of hydrogen-bond acceptors (Lipinski definition) is 2. The minimum absolute atomic E-state index is 0.0497. The van der Waals surface area contributed by atoms with Gasteiger partial charge >= 0.3 is 0 Å². The maximum Gasteiger partial charge on any atom is 0.227 e. The van der Waals surface area contributed by atoms with Crippen molar-refractivity contribution < 1.29 is 4.79 Å². The van der Waals surface area contributed by atoms with Crippen LogP contribution < -0.4 is 5.32 Å². The molecule has 1 rings (SSSR count). The van der Waals surface area contributed by atoms with Crippen molar-refractivity contribution in [2.45, 2.75) is 12.8 Å². The Morgan fingerprint density at radius 1 is 1.67 bits per heavy atom. The summed E-state index contributed by atoms with van der Waals surface area (Å²) in [5, 5.41) is 2.62. The van der Waals surface area contributed by atoms with Gasteiger partial charge in [0, 0.05) is 11.9 Å². The van der Waals surface area contributed by atoms with E-state index in [2.05, 4.69) is 21.2 Å². The fraction of sp³-hybridized carbons (Fsp3) is 0.375. The lowest BCUT2D eigenvalue weighted by Gasteiger charge is -2.05. The SMILES string of the molecule is CNC(=O)C(C)c1ccc(Br)s1. The van der Waals surface area contributed by atoms with Gasteiger partial charge in [-0.1, -0.05) is 0 Å². The van der Waals surface area contributed by atoms with Crippen LogP contribution in [0.15, 0.2) is 15.9 Å². The number of thiophene rings is 1. The van der Waals surface area contributed by atoms with Crippen LogP contribution in [0.25, 0.3) is 0 Å². The zero-order chi connectivity index (χ0) is 9.14. The highest BCUT2D eigenvalue weighted by Crippen LogP contribution is 2.28. The summed E-state index contributed by atoms with van der Waals surface area (Å²) in [6.07, 6.45) is 0. The van der Waals surface area contributed by atoms with Crippen LogP contribution in [-0.2, 0) is 4.79 Å². The molecule has 1 aromatic rings. The highest BCUT2D eigenvalue weighted by atomic mass is 79.9. The largest absolute Gasteiger partial charge is 0.359 e. The van der Waals surface area contributed by atoms with E-state index in [1.165, 1.54) is 0 Å². The summed E-state index contributed by atoms with van der Waals surface area (Å²) in [5.74, 6) is 0.00986. The van der Waals surface area contributed by atoms with Gasteiger partial charge in [-0.05, 0) is 35.0 Å². The van der Waals surface area contributed by atoms with Gasteiger partial charge in [0.25, 0.3) is 0 Å². The van der Waals surface area contributed by atoms with Crippen molar-refractivity contribution in [2.75, 3.05) is 7.05 Å². The fourth-order valence-electron chi connectivity index (χ4n) is 0.907. The Kier molecular flexibility index (Phi) is 3.29. The molecule has 0 aliphatic carbocycles. The number of likely N-dealkylation sites (N-methyl/N-ethyl adjacent to an activating group) is 1. The van der Waals surface area contributed by atoms with Gasteiger partial charge < -0.3 is 5.32 Å². The van der Waals surface area contributed by atoms with Crippen molar-refractivity contribution in [2.24, 2.45) is 0 Å². The number of halogens is 1. The normalized spacial score (nSPS) is 12.6. The number of hydrogen-bond donors (Lipinski definition) is 1. The standard InChI is InChI=1S/C8H10BrNOS/c1-5(8(11)10-2)6-3-4-7(9)12-6/h3-5H,1-2H3,(H,10,11). The molecule has 0 radical (unpaired) electrons. The minimum atomic E-state index is -0.0497. The lowest BCUT2D eigenvalue weighted by molar-refractivity contribution is -0.121. The molecule has 0 saturated heterocycles. The molecule has 0 aliphatic heterocycles. The molecular weight excluding hydrogens is 238 g/mol. The predicted octanol–water partition coefficient (Wildman–Crippen LogP) is 2.36. The van der Waals surface area contributed by atoms with Gasteiger partial charge in [-0.25, -0.2) is 0 Å². The molecule has 1 amide bonds. The highest BCUT2D eigenvalue weighted by molar-refractivity contribution is 9.11.